The molecule has 1 N–H and O–H groups in total. The van der Waals surface area contributed by atoms with Crippen molar-refractivity contribution in [2.24, 2.45) is 0 Å². The van der Waals surface area contributed by atoms with Crippen molar-refractivity contribution in [2.75, 3.05) is 19.6 Å². The van der Waals surface area contributed by atoms with Gasteiger partial charge in [0.25, 0.3) is 10.0 Å². The van der Waals surface area contributed by atoms with Crippen molar-refractivity contribution in [1.82, 2.24) is 19.2 Å². The highest BCUT2D eigenvalue weighted by atomic mass is 32.2. The minimum absolute atomic E-state index is 0.0479. The third kappa shape index (κ3) is 2.43. The van der Waals surface area contributed by atoms with Crippen LogP contribution in [0.3, 0.4) is 0 Å². The van der Waals surface area contributed by atoms with Gasteiger partial charge in [0.05, 0.1) is 6.33 Å². The van der Waals surface area contributed by atoms with Crippen molar-refractivity contribution in [3.05, 3.63) is 12.5 Å². The average Bonchev–Trinajstić information content (AvgIpc) is 3.00. The van der Waals surface area contributed by atoms with Crippen LogP contribution in [0.1, 0.15) is 20.3 Å². The first-order valence-electron chi connectivity index (χ1n) is 6.34. The van der Waals surface area contributed by atoms with E-state index >= 15 is 0 Å². The molecule has 0 saturated carbocycles. The summed E-state index contributed by atoms with van der Waals surface area (Å²) in [6, 6.07) is 0.0479. The predicted molar refractivity (Wildman–Crippen MR) is 68.7 cm³/mol. The van der Waals surface area contributed by atoms with Gasteiger partial charge in [0.1, 0.15) is 0 Å². The first-order valence-corrected chi connectivity index (χ1v) is 7.78. The summed E-state index contributed by atoms with van der Waals surface area (Å²) >= 11 is 0. The lowest BCUT2D eigenvalue weighted by atomic mass is 10.3. The van der Waals surface area contributed by atoms with Crippen molar-refractivity contribution < 1.29 is 8.42 Å². The smallest absolute Gasteiger partial charge is 0.262 e. The second kappa shape index (κ2) is 5.38. The summed E-state index contributed by atoms with van der Waals surface area (Å²) in [6.07, 6.45) is 4.02. The molecule has 0 aromatic carbocycles. The molecule has 0 aliphatic carbocycles. The van der Waals surface area contributed by atoms with E-state index in [1.807, 2.05) is 13.8 Å². The molecule has 2 rings (SSSR count). The molecular weight excluding hydrogens is 252 g/mol. The fourth-order valence-electron chi connectivity index (χ4n) is 2.28. The van der Waals surface area contributed by atoms with Crippen LogP contribution < -0.4 is 5.32 Å². The first kappa shape index (κ1) is 13.5. The van der Waals surface area contributed by atoms with E-state index in [0.29, 0.717) is 6.54 Å². The summed E-state index contributed by atoms with van der Waals surface area (Å²) in [5, 5.41) is 3.35. The molecule has 6 nitrogen and oxygen atoms in total. The van der Waals surface area contributed by atoms with E-state index in [4.69, 9.17) is 0 Å². The van der Waals surface area contributed by atoms with Crippen LogP contribution in [0.5, 0.6) is 0 Å². The van der Waals surface area contributed by atoms with Gasteiger partial charge < -0.3 is 9.88 Å². The van der Waals surface area contributed by atoms with Crippen LogP contribution in [0, 0.1) is 0 Å². The van der Waals surface area contributed by atoms with Gasteiger partial charge in [-0.2, -0.15) is 4.31 Å². The lowest BCUT2D eigenvalue weighted by Crippen LogP contribution is -2.41. The zero-order chi connectivity index (χ0) is 13.2. The van der Waals surface area contributed by atoms with Crippen LogP contribution in [0.25, 0.3) is 0 Å². The van der Waals surface area contributed by atoms with E-state index in [-0.39, 0.29) is 11.1 Å². The van der Waals surface area contributed by atoms with E-state index < -0.39 is 10.0 Å². The lowest BCUT2D eigenvalue weighted by molar-refractivity contribution is 0.347. The second-order valence-corrected chi connectivity index (χ2v) is 6.23. The molecule has 0 radical (unpaired) electrons. The maximum absolute atomic E-state index is 12.5. The van der Waals surface area contributed by atoms with Gasteiger partial charge >= 0.3 is 0 Å². The topological polar surface area (TPSA) is 67.2 Å². The number of sulfonamides is 1. The van der Waals surface area contributed by atoms with Crippen LogP contribution in [-0.4, -0.2) is 48.0 Å². The monoisotopic (exact) mass is 272 g/mol. The molecule has 0 bridgehead atoms. The minimum Gasteiger partial charge on any atom is -0.336 e. The molecule has 18 heavy (non-hydrogen) atoms. The van der Waals surface area contributed by atoms with Crippen LogP contribution in [0.15, 0.2) is 17.6 Å². The van der Waals surface area contributed by atoms with Gasteiger partial charge in [-0.15, -0.1) is 0 Å². The number of nitrogens with one attached hydrogen (secondary N) is 1. The predicted octanol–water partition coefficient (Wildman–Crippen LogP) is 0.275. The Balaban J connectivity index is 2.27. The van der Waals surface area contributed by atoms with Gasteiger partial charge in [-0.25, -0.2) is 13.4 Å². The summed E-state index contributed by atoms with van der Waals surface area (Å²) < 4.78 is 28.3. The Kier molecular flexibility index (Phi) is 4.04. The molecule has 1 saturated heterocycles. The molecule has 0 amide bonds. The molecule has 1 aromatic rings. The molecule has 1 aliphatic heterocycles. The van der Waals surface area contributed by atoms with Crippen molar-refractivity contribution in [2.45, 2.75) is 37.9 Å². The first-order chi connectivity index (χ1) is 8.59. The highest BCUT2D eigenvalue weighted by molar-refractivity contribution is 7.89. The van der Waals surface area contributed by atoms with Crippen molar-refractivity contribution >= 4 is 10.0 Å². The molecule has 7 heteroatoms. The van der Waals surface area contributed by atoms with E-state index in [2.05, 4.69) is 10.3 Å². The number of hydrogen-bond acceptors (Lipinski definition) is 4. The number of nitrogens with zero attached hydrogens (tertiary/aromatic N) is 3. The zero-order valence-electron chi connectivity index (χ0n) is 10.8. The Morgan fingerprint density at radius 1 is 1.56 bits per heavy atom. The summed E-state index contributed by atoms with van der Waals surface area (Å²) in [6.45, 7) is 6.62. The van der Waals surface area contributed by atoms with Gasteiger partial charge in [-0.1, -0.05) is 6.92 Å². The van der Waals surface area contributed by atoms with Crippen LogP contribution >= 0.6 is 0 Å². The Bertz CT molecular complexity index is 491. The quantitative estimate of drug-likeness (QED) is 0.836. The summed E-state index contributed by atoms with van der Waals surface area (Å²) in [5.41, 5.74) is 0. The molecule has 1 fully saturated rings. The standard InChI is InChI=1S/C11H20N4O2S/c1-3-14-8-11(13-9-14)18(16,17)15(4-2)10-5-6-12-7-10/h8-10,12H,3-7H2,1-2H3. The normalized spacial score (nSPS) is 20.7. The molecule has 0 spiro atoms. The fraction of sp³-hybridized carbons (Fsp3) is 0.727. The molecule has 1 atom stereocenters. The molecule has 2 heterocycles. The highest BCUT2D eigenvalue weighted by Crippen LogP contribution is 2.19. The van der Waals surface area contributed by atoms with Gasteiger partial charge in [-0.05, 0) is 19.9 Å². The number of aryl methyl sites for hydroxylation is 1. The Hall–Kier alpha value is -0.920. The number of rotatable bonds is 5. The molecule has 1 unspecified atom stereocenters. The Morgan fingerprint density at radius 3 is 2.83 bits per heavy atom. The summed E-state index contributed by atoms with van der Waals surface area (Å²) in [4.78, 5) is 4.01. The third-order valence-corrected chi connectivity index (χ3v) is 5.21. The van der Waals surface area contributed by atoms with E-state index in [1.54, 1.807) is 21.4 Å². The largest absolute Gasteiger partial charge is 0.336 e. The Labute approximate surface area is 108 Å². The summed E-state index contributed by atoms with van der Waals surface area (Å²) in [7, 11) is -3.46. The number of aromatic nitrogens is 2. The second-order valence-electron chi connectivity index (χ2n) is 4.40. The maximum atomic E-state index is 12.5. The molecule has 1 aromatic heterocycles. The minimum atomic E-state index is -3.46. The number of hydrogen-bond donors (Lipinski definition) is 1. The maximum Gasteiger partial charge on any atom is 0.262 e. The zero-order valence-corrected chi connectivity index (χ0v) is 11.7. The molecular formula is C11H20N4O2S. The number of imidazole rings is 1. The third-order valence-electron chi connectivity index (χ3n) is 3.30. The number of likely N-dealkylation sites (N-methyl/N-ethyl adjacent to an activating group) is 1. The van der Waals surface area contributed by atoms with Crippen LogP contribution in [0.2, 0.25) is 0 Å². The van der Waals surface area contributed by atoms with Gasteiger partial charge in [-0.3, -0.25) is 0 Å². The Morgan fingerprint density at radius 2 is 2.33 bits per heavy atom. The van der Waals surface area contributed by atoms with Gasteiger partial charge in [0, 0.05) is 31.9 Å². The summed E-state index contributed by atoms with van der Waals surface area (Å²) in [5.74, 6) is 0. The van der Waals surface area contributed by atoms with Crippen LogP contribution in [-0.2, 0) is 16.6 Å². The van der Waals surface area contributed by atoms with Gasteiger partial charge in [0.2, 0.25) is 0 Å². The van der Waals surface area contributed by atoms with Crippen LogP contribution in [0.4, 0.5) is 0 Å². The van der Waals surface area contributed by atoms with Crippen molar-refractivity contribution in [1.29, 1.82) is 0 Å². The lowest BCUT2D eigenvalue weighted by Gasteiger charge is -2.25. The van der Waals surface area contributed by atoms with E-state index in [0.717, 1.165) is 26.1 Å². The van der Waals surface area contributed by atoms with Crippen molar-refractivity contribution in [3.8, 4) is 0 Å². The average molecular weight is 272 g/mol. The van der Waals surface area contributed by atoms with E-state index in [1.165, 1.54) is 0 Å². The highest BCUT2D eigenvalue weighted by Gasteiger charge is 2.33. The molecule has 1 aliphatic rings. The SMILES string of the molecule is CCN(C1CCNC1)S(=O)(=O)c1cn(CC)cn1. The van der Waals surface area contributed by atoms with E-state index in [9.17, 15) is 8.42 Å². The van der Waals surface area contributed by atoms with Gasteiger partial charge in [0.15, 0.2) is 5.03 Å². The van der Waals surface area contributed by atoms with Crippen molar-refractivity contribution in [3.63, 3.8) is 0 Å². The fourth-order valence-corrected chi connectivity index (χ4v) is 3.88. The molecule has 102 valence electrons.